The number of pyridine rings is 2. The van der Waals surface area contributed by atoms with Gasteiger partial charge in [0.25, 0.3) is 0 Å². The Balaban J connectivity index is 2.11. The minimum atomic E-state index is -0.904. The second-order valence-corrected chi connectivity index (χ2v) is 4.10. The molecule has 0 spiro atoms. The third kappa shape index (κ3) is 2.18. The highest BCUT2D eigenvalue weighted by Crippen LogP contribution is 2.27. The van der Waals surface area contributed by atoms with Crippen molar-refractivity contribution in [2.45, 2.75) is 6.42 Å². The summed E-state index contributed by atoms with van der Waals surface area (Å²) in [5, 5.41) is 9.69. The van der Waals surface area contributed by atoms with Crippen molar-refractivity contribution in [3.63, 3.8) is 0 Å². The van der Waals surface area contributed by atoms with Gasteiger partial charge in [0.05, 0.1) is 24.1 Å². The van der Waals surface area contributed by atoms with Gasteiger partial charge in [-0.15, -0.1) is 0 Å². The highest BCUT2D eigenvalue weighted by atomic mass is 16.4. The number of rotatable bonds is 3. The van der Waals surface area contributed by atoms with E-state index in [1.165, 1.54) is 0 Å². The molecule has 3 heterocycles. The smallest absolute Gasteiger partial charge is 0.309 e. The van der Waals surface area contributed by atoms with Gasteiger partial charge in [-0.1, -0.05) is 0 Å². The first-order chi connectivity index (χ1) is 9.24. The van der Waals surface area contributed by atoms with Gasteiger partial charge in [0.15, 0.2) is 0 Å². The van der Waals surface area contributed by atoms with E-state index in [4.69, 9.17) is 9.52 Å². The van der Waals surface area contributed by atoms with Crippen molar-refractivity contribution in [1.29, 1.82) is 0 Å². The minimum absolute atomic E-state index is 0.102. The van der Waals surface area contributed by atoms with Crippen LogP contribution in [0.2, 0.25) is 0 Å². The lowest BCUT2D eigenvalue weighted by Crippen LogP contribution is -2.02. The Kier molecular flexibility index (Phi) is 2.72. The zero-order valence-electron chi connectivity index (χ0n) is 9.91. The Bertz CT molecular complexity index is 749. The molecule has 3 aromatic rings. The number of fused-ring (bicyclic) bond motifs is 1. The van der Waals surface area contributed by atoms with Gasteiger partial charge in [-0.2, -0.15) is 0 Å². The molecule has 0 aliphatic rings. The number of aliphatic carboxylic acids is 1. The third-order valence-electron chi connectivity index (χ3n) is 2.80. The summed E-state index contributed by atoms with van der Waals surface area (Å²) in [5.74, 6) is -0.904. The lowest BCUT2D eigenvalue weighted by molar-refractivity contribution is -0.136. The van der Waals surface area contributed by atoms with Crippen molar-refractivity contribution in [3.8, 4) is 11.3 Å². The van der Waals surface area contributed by atoms with E-state index < -0.39 is 5.97 Å². The van der Waals surface area contributed by atoms with Crippen LogP contribution in [0.15, 0.2) is 47.3 Å². The zero-order chi connectivity index (χ0) is 13.2. The molecule has 0 saturated carbocycles. The normalized spacial score (nSPS) is 10.7. The molecule has 0 bridgehead atoms. The predicted octanol–water partition coefficient (Wildman–Crippen LogP) is 2.52. The number of furan rings is 1. The molecule has 3 aromatic heterocycles. The summed E-state index contributed by atoms with van der Waals surface area (Å²) in [6.45, 7) is 0. The first kappa shape index (κ1) is 11.4. The van der Waals surface area contributed by atoms with E-state index in [9.17, 15) is 4.79 Å². The van der Waals surface area contributed by atoms with Gasteiger partial charge in [0.2, 0.25) is 0 Å². The van der Waals surface area contributed by atoms with E-state index in [2.05, 4.69) is 9.97 Å². The Morgan fingerprint density at radius 2 is 2.05 bits per heavy atom. The van der Waals surface area contributed by atoms with Gasteiger partial charge in [0, 0.05) is 23.3 Å². The number of hydrogen-bond acceptors (Lipinski definition) is 4. The molecule has 0 saturated heterocycles. The molecule has 94 valence electrons. The average molecular weight is 254 g/mol. The van der Waals surface area contributed by atoms with Crippen LogP contribution in [-0.2, 0) is 11.2 Å². The topological polar surface area (TPSA) is 76.2 Å². The monoisotopic (exact) mass is 254 g/mol. The number of aromatic nitrogens is 2. The van der Waals surface area contributed by atoms with Crippen LogP contribution in [0, 0.1) is 0 Å². The second-order valence-electron chi connectivity index (χ2n) is 4.10. The Morgan fingerprint density at radius 1 is 1.21 bits per heavy atom. The molecule has 5 nitrogen and oxygen atoms in total. The highest BCUT2D eigenvalue weighted by Gasteiger charge is 2.09. The molecule has 1 N–H and O–H groups in total. The second kappa shape index (κ2) is 4.53. The zero-order valence-corrected chi connectivity index (χ0v) is 9.91. The number of nitrogens with zero attached hydrogens (tertiary/aromatic N) is 2. The SMILES string of the molecule is O=C(O)Cc1cc(-c2nccc3occc23)ccn1. The quantitative estimate of drug-likeness (QED) is 0.777. The van der Waals surface area contributed by atoms with Crippen LogP contribution in [0.5, 0.6) is 0 Å². The fourth-order valence-electron chi connectivity index (χ4n) is 2.00. The fourth-order valence-corrected chi connectivity index (χ4v) is 2.00. The molecule has 0 unspecified atom stereocenters. The lowest BCUT2D eigenvalue weighted by Gasteiger charge is -2.03. The predicted molar refractivity (Wildman–Crippen MR) is 68.6 cm³/mol. The maximum absolute atomic E-state index is 10.7. The summed E-state index contributed by atoms with van der Waals surface area (Å²) in [4.78, 5) is 19.1. The van der Waals surface area contributed by atoms with Crippen LogP contribution in [0.4, 0.5) is 0 Å². The minimum Gasteiger partial charge on any atom is -0.481 e. The summed E-state index contributed by atoms with van der Waals surface area (Å²) in [7, 11) is 0. The molecule has 0 aromatic carbocycles. The van der Waals surface area contributed by atoms with Gasteiger partial charge in [-0.25, -0.2) is 0 Å². The van der Waals surface area contributed by atoms with E-state index in [1.807, 2.05) is 6.07 Å². The number of carbonyl (C=O) groups is 1. The van der Waals surface area contributed by atoms with Crippen LogP contribution in [0.1, 0.15) is 5.69 Å². The summed E-state index contributed by atoms with van der Waals surface area (Å²) >= 11 is 0. The van der Waals surface area contributed by atoms with Gasteiger partial charge >= 0.3 is 5.97 Å². The maximum Gasteiger partial charge on any atom is 0.309 e. The summed E-state index contributed by atoms with van der Waals surface area (Å²) in [5.41, 5.74) is 2.85. The first-order valence-electron chi connectivity index (χ1n) is 5.73. The molecule has 0 atom stereocenters. The molecule has 19 heavy (non-hydrogen) atoms. The van der Waals surface area contributed by atoms with Crippen LogP contribution in [0.25, 0.3) is 22.2 Å². The standard InChI is InChI=1S/C14H10N2O3/c17-13(18)8-10-7-9(1-4-15-10)14-11-3-6-19-12(11)2-5-16-14/h1-7H,8H2,(H,17,18). The molecule has 5 heteroatoms. The molecule has 0 radical (unpaired) electrons. The van der Waals surface area contributed by atoms with Crippen molar-refractivity contribution in [1.82, 2.24) is 9.97 Å². The molecule has 0 fully saturated rings. The molecular weight excluding hydrogens is 244 g/mol. The third-order valence-corrected chi connectivity index (χ3v) is 2.80. The van der Waals surface area contributed by atoms with Gasteiger partial charge < -0.3 is 9.52 Å². The summed E-state index contributed by atoms with van der Waals surface area (Å²) in [6.07, 6.45) is 4.76. The molecular formula is C14H10N2O3. The highest BCUT2D eigenvalue weighted by molar-refractivity contribution is 5.91. The van der Waals surface area contributed by atoms with Crippen molar-refractivity contribution < 1.29 is 14.3 Å². The molecule has 0 aliphatic carbocycles. The van der Waals surface area contributed by atoms with Gasteiger partial charge in [0.1, 0.15) is 5.58 Å². The summed E-state index contributed by atoms with van der Waals surface area (Å²) < 4.78 is 5.33. The molecule has 0 aliphatic heterocycles. The van der Waals surface area contributed by atoms with Crippen LogP contribution < -0.4 is 0 Å². The van der Waals surface area contributed by atoms with E-state index in [-0.39, 0.29) is 6.42 Å². The van der Waals surface area contributed by atoms with E-state index in [0.29, 0.717) is 5.69 Å². The Labute approximate surface area is 108 Å². The van der Waals surface area contributed by atoms with Crippen molar-refractivity contribution in [2.24, 2.45) is 0 Å². The van der Waals surface area contributed by atoms with Crippen molar-refractivity contribution in [2.75, 3.05) is 0 Å². The van der Waals surface area contributed by atoms with Crippen molar-refractivity contribution >= 4 is 16.9 Å². The number of carboxylic acid groups (broad SMARTS) is 1. The Hall–Kier alpha value is -2.69. The van der Waals surface area contributed by atoms with E-state index in [0.717, 1.165) is 22.2 Å². The van der Waals surface area contributed by atoms with E-state index in [1.54, 1.807) is 36.9 Å². The van der Waals surface area contributed by atoms with Gasteiger partial charge in [-0.05, 0) is 24.3 Å². The number of hydrogen-bond donors (Lipinski definition) is 1. The van der Waals surface area contributed by atoms with E-state index >= 15 is 0 Å². The molecule has 0 amide bonds. The number of carboxylic acids is 1. The Morgan fingerprint density at radius 3 is 2.89 bits per heavy atom. The maximum atomic E-state index is 10.7. The van der Waals surface area contributed by atoms with Crippen LogP contribution >= 0.6 is 0 Å². The van der Waals surface area contributed by atoms with Crippen molar-refractivity contribution in [3.05, 3.63) is 48.6 Å². The first-order valence-corrected chi connectivity index (χ1v) is 5.73. The lowest BCUT2D eigenvalue weighted by atomic mass is 10.1. The molecule has 3 rings (SSSR count). The van der Waals surface area contributed by atoms with Crippen LogP contribution in [0.3, 0.4) is 0 Å². The average Bonchev–Trinajstić information content (AvgIpc) is 2.86. The van der Waals surface area contributed by atoms with Gasteiger partial charge in [-0.3, -0.25) is 14.8 Å². The summed E-state index contributed by atoms with van der Waals surface area (Å²) in [6, 6.07) is 7.18. The fraction of sp³-hybridized carbons (Fsp3) is 0.0714. The largest absolute Gasteiger partial charge is 0.481 e. The van der Waals surface area contributed by atoms with Crippen LogP contribution in [-0.4, -0.2) is 21.0 Å².